The molecule has 0 aromatic rings. The number of carbonyl (C=O) groups excluding carboxylic acids is 1. The number of aliphatic hydroxyl groups is 4. The standard InChI is InChI=1S/C7H12O6/c1-2(8)6-4(10)3(9)5(11)7(12)13-6/h3-7,9-12H,1H3/t3-,4-,5-,6+,7-/m0/s1. The van der Waals surface area contributed by atoms with E-state index in [2.05, 4.69) is 4.74 Å². The maximum absolute atomic E-state index is 10.8. The van der Waals surface area contributed by atoms with Gasteiger partial charge in [-0.1, -0.05) is 0 Å². The second kappa shape index (κ2) is 3.69. The molecule has 5 atom stereocenters. The minimum atomic E-state index is -1.65. The van der Waals surface area contributed by atoms with Crippen molar-refractivity contribution in [2.24, 2.45) is 0 Å². The summed E-state index contributed by atoms with van der Waals surface area (Å²) in [5, 5.41) is 36.4. The van der Waals surface area contributed by atoms with Crippen LogP contribution >= 0.6 is 0 Å². The fourth-order valence-corrected chi connectivity index (χ4v) is 1.20. The molecule has 1 heterocycles. The summed E-state index contributed by atoms with van der Waals surface area (Å²) in [6.45, 7) is 1.16. The fraction of sp³-hybridized carbons (Fsp3) is 0.857. The van der Waals surface area contributed by atoms with Crippen LogP contribution in [0.4, 0.5) is 0 Å². The molecule has 6 heteroatoms. The highest BCUT2D eigenvalue weighted by Crippen LogP contribution is 2.20. The summed E-state index contributed by atoms with van der Waals surface area (Å²) in [5.41, 5.74) is 0. The average molecular weight is 192 g/mol. The number of Topliss-reactive ketones (excluding diaryl/α,β-unsaturated/α-hetero) is 1. The number of carbonyl (C=O) groups is 1. The summed E-state index contributed by atoms with van der Waals surface area (Å²) in [6, 6.07) is 0. The lowest BCUT2D eigenvalue weighted by Gasteiger charge is -2.37. The van der Waals surface area contributed by atoms with E-state index in [4.69, 9.17) is 15.3 Å². The lowest BCUT2D eigenvalue weighted by atomic mass is 9.97. The second-order valence-electron chi connectivity index (χ2n) is 3.03. The van der Waals surface area contributed by atoms with E-state index in [9.17, 15) is 9.90 Å². The van der Waals surface area contributed by atoms with Gasteiger partial charge in [-0.2, -0.15) is 0 Å². The average Bonchev–Trinajstić information content (AvgIpc) is 2.07. The van der Waals surface area contributed by atoms with Gasteiger partial charge in [-0.15, -0.1) is 0 Å². The minimum absolute atomic E-state index is 0.516. The Balaban J connectivity index is 2.76. The number of hydrogen-bond acceptors (Lipinski definition) is 6. The Bertz CT molecular complexity index is 205. The molecule has 0 bridgehead atoms. The van der Waals surface area contributed by atoms with Gasteiger partial charge >= 0.3 is 0 Å². The molecule has 1 aliphatic heterocycles. The molecular formula is C7H12O6. The first-order valence-corrected chi connectivity index (χ1v) is 3.83. The van der Waals surface area contributed by atoms with Gasteiger partial charge in [-0.3, -0.25) is 4.79 Å². The Morgan fingerprint density at radius 3 is 2.08 bits per heavy atom. The number of ketones is 1. The molecule has 76 valence electrons. The van der Waals surface area contributed by atoms with Crippen molar-refractivity contribution in [3.63, 3.8) is 0 Å². The van der Waals surface area contributed by atoms with Gasteiger partial charge in [0.05, 0.1) is 0 Å². The van der Waals surface area contributed by atoms with Gasteiger partial charge in [0.15, 0.2) is 12.1 Å². The van der Waals surface area contributed by atoms with Crippen LogP contribution in [-0.4, -0.2) is 56.9 Å². The first-order chi connectivity index (χ1) is 5.95. The van der Waals surface area contributed by atoms with Gasteiger partial charge in [0.2, 0.25) is 0 Å². The highest BCUT2D eigenvalue weighted by molar-refractivity contribution is 5.81. The normalized spacial score (nSPS) is 46.1. The quantitative estimate of drug-likeness (QED) is 0.362. The summed E-state index contributed by atoms with van der Waals surface area (Å²) >= 11 is 0. The zero-order valence-electron chi connectivity index (χ0n) is 6.99. The Kier molecular flexibility index (Phi) is 2.99. The molecular weight excluding hydrogens is 180 g/mol. The lowest BCUT2D eigenvalue weighted by Crippen LogP contribution is -2.59. The SMILES string of the molecule is CC(=O)[C@H]1O[C@H](O)[C@@H](O)[C@@H](O)[C@@H]1O. The molecule has 0 aromatic heterocycles. The third-order valence-electron chi connectivity index (χ3n) is 1.99. The molecule has 0 unspecified atom stereocenters. The number of rotatable bonds is 1. The smallest absolute Gasteiger partial charge is 0.184 e. The maximum atomic E-state index is 10.8. The van der Waals surface area contributed by atoms with Crippen molar-refractivity contribution in [2.45, 2.75) is 37.6 Å². The second-order valence-corrected chi connectivity index (χ2v) is 3.03. The topological polar surface area (TPSA) is 107 Å². The van der Waals surface area contributed by atoms with Crippen LogP contribution in [0.5, 0.6) is 0 Å². The summed E-state index contributed by atoms with van der Waals surface area (Å²) in [7, 11) is 0. The molecule has 0 spiro atoms. The van der Waals surface area contributed by atoms with Crippen LogP contribution in [0.2, 0.25) is 0 Å². The van der Waals surface area contributed by atoms with Crippen molar-refractivity contribution in [3.05, 3.63) is 0 Å². The van der Waals surface area contributed by atoms with E-state index < -0.39 is 36.5 Å². The van der Waals surface area contributed by atoms with Crippen LogP contribution < -0.4 is 0 Å². The summed E-state index contributed by atoms with van der Waals surface area (Å²) < 4.78 is 4.59. The third-order valence-corrected chi connectivity index (χ3v) is 1.99. The van der Waals surface area contributed by atoms with E-state index >= 15 is 0 Å². The Hall–Kier alpha value is -0.530. The minimum Gasteiger partial charge on any atom is -0.387 e. The molecule has 1 rings (SSSR count). The molecule has 0 saturated carbocycles. The van der Waals surface area contributed by atoms with Crippen LogP contribution in [0, 0.1) is 0 Å². The van der Waals surface area contributed by atoms with Gasteiger partial charge in [-0.25, -0.2) is 0 Å². The molecule has 13 heavy (non-hydrogen) atoms. The molecule has 0 aliphatic carbocycles. The van der Waals surface area contributed by atoms with Crippen LogP contribution in [-0.2, 0) is 9.53 Å². The molecule has 6 nitrogen and oxygen atoms in total. The van der Waals surface area contributed by atoms with E-state index in [1.807, 2.05) is 0 Å². The van der Waals surface area contributed by atoms with Crippen molar-refractivity contribution in [3.8, 4) is 0 Å². The first kappa shape index (κ1) is 10.6. The lowest BCUT2D eigenvalue weighted by molar-refractivity contribution is -0.274. The Morgan fingerprint density at radius 1 is 1.08 bits per heavy atom. The predicted molar refractivity (Wildman–Crippen MR) is 39.6 cm³/mol. The van der Waals surface area contributed by atoms with E-state index in [1.165, 1.54) is 0 Å². The van der Waals surface area contributed by atoms with Gasteiger partial charge in [-0.05, 0) is 6.92 Å². The van der Waals surface area contributed by atoms with E-state index in [0.717, 1.165) is 6.92 Å². The van der Waals surface area contributed by atoms with E-state index in [1.54, 1.807) is 0 Å². The third kappa shape index (κ3) is 1.87. The van der Waals surface area contributed by atoms with Crippen LogP contribution in [0.25, 0.3) is 0 Å². The number of hydrogen-bond donors (Lipinski definition) is 4. The number of aliphatic hydroxyl groups excluding tert-OH is 4. The largest absolute Gasteiger partial charge is 0.387 e. The van der Waals surface area contributed by atoms with Gasteiger partial charge in [0, 0.05) is 0 Å². The Labute approximate surface area is 74.4 Å². The maximum Gasteiger partial charge on any atom is 0.184 e. The van der Waals surface area contributed by atoms with Crippen molar-refractivity contribution < 1.29 is 30.0 Å². The zero-order chi connectivity index (χ0) is 10.2. The van der Waals surface area contributed by atoms with Crippen LogP contribution in [0.1, 0.15) is 6.92 Å². The number of ether oxygens (including phenoxy) is 1. The molecule has 4 N–H and O–H groups in total. The summed E-state index contributed by atoms with van der Waals surface area (Å²) in [6.07, 6.45) is -7.60. The van der Waals surface area contributed by atoms with Gasteiger partial charge in [0.25, 0.3) is 0 Å². The molecule has 1 fully saturated rings. The first-order valence-electron chi connectivity index (χ1n) is 3.83. The molecule has 0 radical (unpaired) electrons. The van der Waals surface area contributed by atoms with Gasteiger partial charge in [0.1, 0.15) is 24.4 Å². The summed E-state index contributed by atoms with van der Waals surface area (Å²) in [4.78, 5) is 10.8. The van der Waals surface area contributed by atoms with Crippen LogP contribution in [0.15, 0.2) is 0 Å². The molecule has 1 saturated heterocycles. The van der Waals surface area contributed by atoms with E-state index in [-0.39, 0.29) is 0 Å². The monoisotopic (exact) mass is 192 g/mol. The highest BCUT2D eigenvalue weighted by Gasteiger charge is 2.44. The fourth-order valence-electron chi connectivity index (χ4n) is 1.20. The van der Waals surface area contributed by atoms with Crippen molar-refractivity contribution in [1.82, 2.24) is 0 Å². The van der Waals surface area contributed by atoms with Crippen molar-refractivity contribution >= 4 is 5.78 Å². The molecule has 0 aromatic carbocycles. The van der Waals surface area contributed by atoms with Crippen molar-refractivity contribution in [1.29, 1.82) is 0 Å². The highest BCUT2D eigenvalue weighted by atomic mass is 16.6. The van der Waals surface area contributed by atoms with Gasteiger partial charge < -0.3 is 25.2 Å². The molecule has 1 aliphatic rings. The Morgan fingerprint density at radius 2 is 1.62 bits per heavy atom. The zero-order valence-corrected chi connectivity index (χ0v) is 6.99. The van der Waals surface area contributed by atoms with E-state index in [0.29, 0.717) is 0 Å². The summed E-state index contributed by atoms with van der Waals surface area (Å²) in [5.74, 6) is -0.516. The predicted octanol–water partition coefficient (Wildman–Crippen LogP) is -2.62. The molecule has 0 amide bonds. The van der Waals surface area contributed by atoms with Crippen LogP contribution in [0.3, 0.4) is 0 Å². The van der Waals surface area contributed by atoms with Crippen molar-refractivity contribution in [2.75, 3.05) is 0 Å².